The zero-order valence-corrected chi connectivity index (χ0v) is 8.49. The van der Waals surface area contributed by atoms with Crippen LogP contribution in [-0.4, -0.2) is 16.7 Å². The fourth-order valence-corrected chi connectivity index (χ4v) is 1.34. The van der Waals surface area contributed by atoms with E-state index in [1.54, 1.807) is 0 Å². The topological polar surface area (TPSA) is 51.8 Å². The van der Waals surface area contributed by atoms with E-state index in [9.17, 15) is 0 Å². The Labute approximate surface area is 79.4 Å². The van der Waals surface area contributed by atoms with Crippen molar-refractivity contribution < 1.29 is 0 Å². The van der Waals surface area contributed by atoms with E-state index in [0.29, 0.717) is 18.4 Å². The molecule has 0 spiro atoms. The Morgan fingerprint density at radius 1 is 1.31 bits per heavy atom. The van der Waals surface area contributed by atoms with Gasteiger partial charge in [-0.2, -0.15) is 10.2 Å². The summed E-state index contributed by atoms with van der Waals surface area (Å²) >= 11 is 0. The first-order valence-corrected chi connectivity index (χ1v) is 4.65. The Kier molecular flexibility index (Phi) is 3.37. The highest BCUT2D eigenvalue weighted by Crippen LogP contribution is 2.20. The largest absolute Gasteiger partial charge is 0.330 e. The summed E-state index contributed by atoms with van der Waals surface area (Å²) in [5.41, 5.74) is 7.63. The second-order valence-electron chi connectivity index (χ2n) is 3.69. The van der Waals surface area contributed by atoms with Gasteiger partial charge in [0.05, 0.1) is 11.4 Å². The standard InChI is InChI=1S/C10H17N3/c1-7(2)9(6-11)10-5-4-8(3)12-13-10/h4-5,7,9H,6,11H2,1-3H3/t9-/m0/s1. The molecule has 1 aromatic heterocycles. The molecule has 1 aromatic rings. The molecule has 2 N–H and O–H groups in total. The van der Waals surface area contributed by atoms with Crippen molar-refractivity contribution in [3.05, 3.63) is 23.5 Å². The summed E-state index contributed by atoms with van der Waals surface area (Å²) in [7, 11) is 0. The van der Waals surface area contributed by atoms with Crippen LogP contribution < -0.4 is 5.73 Å². The third-order valence-corrected chi connectivity index (χ3v) is 2.26. The van der Waals surface area contributed by atoms with Crippen molar-refractivity contribution in [3.8, 4) is 0 Å². The van der Waals surface area contributed by atoms with Gasteiger partial charge in [0, 0.05) is 12.5 Å². The van der Waals surface area contributed by atoms with Gasteiger partial charge >= 0.3 is 0 Å². The van der Waals surface area contributed by atoms with Gasteiger partial charge in [0.2, 0.25) is 0 Å². The van der Waals surface area contributed by atoms with E-state index in [0.717, 1.165) is 11.4 Å². The maximum absolute atomic E-state index is 5.68. The quantitative estimate of drug-likeness (QED) is 0.764. The molecule has 0 aliphatic carbocycles. The van der Waals surface area contributed by atoms with E-state index in [1.807, 2.05) is 19.1 Å². The minimum atomic E-state index is 0.327. The third-order valence-electron chi connectivity index (χ3n) is 2.26. The van der Waals surface area contributed by atoms with Gasteiger partial charge in [0.1, 0.15) is 0 Å². The van der Waals surface area contributed by atoms with Gasteiger partial charge in [-0.1, -0.05) is 13.8 Å². The fraction of sp³-hybridized carbons (Fsp3) is 0.600. The van der Waals surface area contributed by atoms with Crippen molar-refractivity contribution in [1.82, 2.24) is 10.2 Å². The van der Waals surface area contributed by atoms with Crippen LogP contribution in [0.2, 0.25) is 0 Å². The van der Waals surface area contributed by atoms with E-state index in [2.05, 4.69) is 24.0 Å². The molecule has 0 aliphatic rings. The highest BCUT2D eigenvalue weighted by Gasteiger charge is 2.15. The number of nitrogens with zero attached hydrogens (tertiary/aromatic N) is 2. The Bertz CT molecular complexity index is 253. The predicted octanol–water partition coefficient (Wildman–Crippen LogP) is 1.48. The van der Waals surface area contributed by atoms with E-state index >= 15 is 0 Å². The SMILES string of the molecule is Cc1ccc([C@@H](CN)C(C)C)nn1. The molecule has 0 radical (unpaired) electrons. The Morgan fingerprint density at radius 3 is 2.38 bits per heavy atom. The van der Waals surface area contributed by atoms with Gasteiger partial charge < -0.3 is 5.73 Å². The fourth-order valence-electron chi connectivity index (χ4n) is 1.34. The van der Waals surface area contributed by atoms with E-state index in [4.69, 9.17) is 5.73 Å². The first-order chi connectivity index (χ1) is 6.15. The van der Waals surface area contributed by atoms with Crippen LogP contribution in [0, 0.1) is 12.8 Å². The van der Waals surface area contributed by atoms with Crippen molar-refractivity contribution in [3.63, 3.8) is 0 Å². The highest BCUT2D eigenvalue weighted by molar-refractivity contribution is 5.11. The lowest BCUT2D eigenvalue weighted by molar-refractivity contribution is 0.490. The lowest BCUT2D eigenvalue weighted by Gasteiger charge is -2.17. The average molecular weight is 179 g/mol. The maximum atomic E-state index is 5.68. The zero-order valence-electron chi connectivity index (χ0n) is 8.49. The van der Waals surface area contributed by atoms with Gasteiger partial charge in [-0.15, -0.1) is 0 Å². The van der Waals surface area contributed by atoms with Crippen molar-refractivity contribution in [2.75, 3.05) is 6.54 Å². The molecule has 0 fully saturated rings. The lowest BCUT2D eigenvalue weighted by atomic mass is 9.92. The van der Waals surface area contributed by atoms with Crippen LogP contribution in [0.25, 0.3) is 0 Å². The lowest BCUT2D eigenvalue weighted by Crippen LogP contribution is -2.19. The number of hydrogen-bond donors (Lipinski definition) is 1. The molecule has 1 rings (SSSR count). The molecule has 0 saturated heterocycles. The van der Waals surface area contributed by atoms with Gasteiger partial charge in [-0.05, 0) is 25.0 Å². The second-order valence-corrected chi connectivity index (χ2v) is 3.69. The van der Waals surface area contributed by atoms with E-state index in [-0.39, 0.29) is 0 Å². The molecular weight excluding hydrogens is 162 g/mol. The maximum Gasteiger partial charge on any atom is 0.0677 e. The Morgan fingerprint density at radius 2 is 2.00 bits per heavy atom. The van der Waals surface area contributed by atoms with Crippen LogP contribution in [0.3, 0.4) is 0 Å². The monoisotopic (exact) mass is 179 g/mol. The van der Waals surface area contributed by atoms with E-state index in [1.165, 1.54) is 0 Å². The molecular formula is C10H17N3. The van der Waals surface area contributed by atoms with Crippen molar-refractivity contribution in [2.24, 2.45) is 11.7 Å². The summed E-state index contributed by atoms with van der Waals surface area (Å²) in [5, 5.41) is 8.17. The van der Waals surface area contributed by atoms with Gasteiger partial charge in [-0.25, -0.2) is 0 Å². The second kappa shape index (κ2) is 4.33. The molecule has 3 heteroatoms. The molecule has 0 aromatic carbocycles. The van der Waals surface area contributed by atoms with Crippen LogP contribution in [0.4, 0.5) is 0 Å². The molecule has 3 nitrogen and oxygen atoms in total. The predicted molar refractivity (Wildman–Crippen MR) is 53.4 cm³/mol. The molecule has 72 valence electrons. The number of aromatic nitrogens is 2. The molecule has 1 heterocycles. The molecule has 13 heavy (non-hydrogen) atoms. The number of aryl methyl sites for hydroxylation is 1. The van der Waals surface area contributed by atoms with Crippen LogP contribution in [-0.2, 0) is 0 Å². The van der Waals surface area contributed by atoms with E-state index < -0.39 is 0 Å². The smallest absolute Gasteiger partial charge is 0.0677 e. The molecule has 0 unspecified atom stereocenters. The van der Waals surface area contributed by atoms with Gasteiger partial charge in [0.15, 0.2) is 0 Å². The van der Waals surface area contributed by atoms with Crippen LogP contribution in [0.5, 0.6) is 0 Å². The van der Waals surface area contributed by atoms with Gasteiger partial charge in [-0.3, -0.25) is 0 Å². The number of hydrogen-bond acceptors (Lipinski definition) is 3. The summed E-state index contributed by atoms with van der Waals surface area (Å²) in [4.78, 5) is 0. The summed E-state index contributed by atoms with van der Waals surface area (Å²) in [6.07, 6.45) is 0. The van der Waals surface area contributed by atoms with Crippen molar-refractivity contribution in [2.45, 2.75) is 26.7 Å². The van der Waals surface area contributed by atoms with Crippen molar-refractivity contribution in [1.29, 1.82) is 0 Å². The molecule has 0 aliphatic heterocycles. The molecule has 1 atom stereocenters. The highest BCUT2D eigenvalue weighted by atomic mass is 15.1. The molecule has 0 saturated carbocycles. The Hall–Kier alpha value is -0.960. The molecule has 0 amide bonds. The van der Waals surface area contributed by atoms with Crippen LogP contribution in [0.15, 0.2) is 12.1 Å². The third kappa shape index (κ3) is 2.49. The first-order valence-electron chi connectivity index (χ1n) is 4.65. The molecule has 0 bridgehead atoms. The zero-order chi connectivity index (χ0) is 9.84. The summed E-state index contributed by atoms with van der Waals surface area (Å²) in [6, 6.07) is 3.99. The minimum Gasteiger partial charge on any atom is -0.330 e. The first kappa shape index (κ1) is 10.1. The summed E-state index contributed by atoms with van der Waals surface area (Å²) < 4.78 is 0. The summed E-state index contributed by atoms with van der Waals surface area (Å²) in [5.74, 6) is 0.843. The van der Waals surface area contributed by atoms with Crippen LogP contribution in [0.1, 0.15) is 31.2 Å². The number of rotatable bonds is 3. The normalized spacial score (nSPS) is 13.3. The summed E-state index contributed by atoms with van der Waals surface area (Å²) in [6.45, 7) is 6.87. The van der Waals surface area contributed by atoms with Gasteiger partial charge in [0.25, 0.3) is 0 Å². The van der Waals surface area contributed by atoms with Crippen molar-refractivity contribution >= 4 is 0 Å². The average Bonchev–Trinajstić information content (AvgIpc) is 2.09. The number of nitrogens with two attached hydrogens (primary N) is 1. The Balaban J connectivity index is 2.86. The van der Waals surface area contributed by atoms with Crippen LogP contribution >= 0.6 is 0 Å². The minimum absolute atomic E-state index is 0.327.